The van der Waals surface area contributed by atoms with Crippen molar-refractivity contribution in [2.24, 2.45) is 0 Å². The third-order valence-electron chi connectivity index (χ3n) is 5.17. The Hall–Kier alpha value is -1.92. The van der Waals surface area contributed by atoms with Crippen LogP contribution in [0.25, 0.3) is 0 Å². The molecule has 192 valence electrons. The quantitative estimate of drug-likeness (QED) is 0.148. The van der Waals surface area contributed by atoms with Crippen LogP contribution in [-0.2, 0) is 24.3 Å². The summed E-state index contributed by atoms with van der Waals surface area (Å²) < 4.78 is 55.7. The topological polar surface area (TPSA) is 174 Å². The molecule has 1 aromatic rings. The Kier molecular flexibility index (Phi) is 9.72. The largest absolute Gasteiger partial charge is 0.362 e. The summed E-state index contributed by atoms with van der Waals surface area (Å²) in [4.78, 5) is 24.3. The van der Waals surface area contributed by atoms with Gasteiger partial charge in [-0.3, -0.25) is 24.4 Å². The maximum Gasteiger partial charge on any atom is 0.300 e. The van der Waals surface area contributed by atoms with Crippen LogP contribution in [0.1, 0.15) is 6.92 Å². The van der Waals surface area contributed by atoms with E-state index in [9.17, 15) is 37.1 Å². The van der Waals surface area contributed by atoms with E-state index in [1.54, 1.807) is 0 Å². The SMILES string of the molecule is CCN1CCN(S(=O)(=O)c2cc([N+](=O)[O-])cc([N+](=O)[O-])c2N(CCBr)CCOS(C)(=O)=O)CC1. The van der Waals surface area contributed by atoms with Crippen LogP contribution < -0.4 is 4.90 Å². The minimum atomic E-state index is -4.37. The molecule has 17 heteroatoms. The van der Waals surface area contributed by atoms with Gasteiger partial charge in [0.15, 0.2) is 0 Å². The standard InChI is InChI=1S/C17H26BrN5O9S2/c1-3-19-6-8-21(9-7-19)34(30,31)16-13-14(22(24)25)12-15(23(26)27)17(16)20(5-4-18)10-11-32-33(2,28)29/h12-13H,3-11H2,1-2H3. The number of alkyl halides is 1. The number of rotatable bonds is 12. The molecule has 0 aliphatic carbocycles. The molecule has 0 amide bonds. The van der Waals surface area contributed by atoms with E-state index in [2.05, 4.69) is 15.9 Å². The van der Waals surface area contributed by atoms with Crippen molar-refractivity contribution in [2.75, 3.05) is 68.9 Å². The number of nitro groups is 2. The fraction of sp³-hybridized carbons (Fsp3) is 0.647. The van der Waals surface area contributed by atoms with Gasteiger partial charge < -0.3 is 9.80 Å². The molecule has 0 N–H and O–H groups in total. The Morgan fingerprint density at radius 2 is 1.68 bits per heavy atom. The first-order valence-electron chi connectivity index (χ1n) is 10.2. The zero-order chi connectivity index (χ0) is 25.7. The van der Waals surface area contributed by atoms with E-state index in [0.29, 0.717) is 19.2 Å². The molecule has 1 aliphatic heterocycles. The Balaban J connectivity index is 2.66. The first-order chi connectivity index (χ1) is 15.8. The number of hydrogen-bond donors (Lipinski definition) is 0. The average Bonchev–Trinajstić information content (AvgIpc) is 2.76. The van der Waals surface area contributed by atoms with Crippen molar-refractivity contribution in [1.29, 1.82) is 0 Å². The molecule has 0 aromatic heterocycles. The van der Waals surface area contributed by atoms with Crippen LogP contribution in [0.4, 0.5) is 17.1 Å². The van der Waals surface area contributed by atoms with Gasteiger partial charge in [0.2, 0.25) is 10.0 Å². The van der Waals surface area contributed by atoms with Gasteiger partial charge >= 0.3 is 5.69 Å². The van der Waals surface area contributed by atoms with E-state index in [-0.39, 0.29) is 37.2 Å². The van der Waals surface area contributed by atoms with Gasteiger partial charge in [-0.2, -0.15) is 12.7 Å². The molecule has 2 rings (SSSR count). The maximum absolute atomic E-state index is 13.6. The Morgan fingerprint density at radius 1 is 1.06 bits per heavy atom. The third-order valence-corrected chi connectivity index (χ3v) is 8.03. The van der Waals surface area contributed by atoms with Crippen LogP contribution in [0.3, 0.4) is 0 Å². The molecule has 0 spiro atoms. The zero-order valence-corrected chi connectivity index (χ0v) is 21.8. The van der Waals surface area contributed by atoms with Gasteiger partial charge in [0.1, 0.15) is 10.6 Å². The van der Waals surface area contributed by atoms with Crippen molar-refractivity contribution >= 4 is 53.1 Å². The third kappa shape index (κ3) is 7.05. The molecule has 14 nitrogen and oxygen atoms in total. The van der Waals surface area contributed by atoms with Gasteiger partial charge in [0, 0.05) is 50.7 Å². The molecule has 1 saturated heterocycles. The number of nitrogens with zero attached hydrogens (tertiary/aromatic N) is 5. The van der Waals surface area contributed by atoms with Gasteiger partial charge in [-0.25, -0.2) is 8.42 Å². The molecule has 1 aromatic carbocycles. The summed E-state index contributed by atoms with van der Waals surface area (Å²) in [5.41, 5.74) is -1.88. The molecule has 0 bridgehead atoms. The first kappa shape index (κ1) is 28.3. The predicted octanol–water partition coefficient (Wildman–Crippen LogP) is 1.01. The lowest BCUT2D eigenvalue weighted by Crippen LogP contribution is -2.48. The lowest BCUT2D eigenvalue weighted by Gasteiger charge is -2.34. The van der Waals surface area contributed by atoms with Crippen molar-refractivity contribution in [3.8, 4) is 0 Å². The summed E-state index contributed by atoms with van der Waals surface area (Å²) in [6.07, 6.45) is 0.835. The molecule has 1 aliphatic rings. The monoisotopic (exact) mass is 587 g/mol. The fourth-order valence-electron chi connectivity index (χ4n) is 3.50. The minimum Gasteiger partial charge on any atom is -0.362 e. The van der Waals surface area contributed by atoms with Crippen LogP contribution in [0.5, 0.6) is 0 Å². The number of anilines is 1. The van der Waals surface area contributed by atoms with Crippen molar-refractivity contribution in [3.05, 3.63) is 32.4 Å². The second-order valence-corrected chi connectivity index (χ2v) is 11.7. The summed E-state index contributed by atoms with van der Waals surface area (Å²) in [6.45, 7) is 3.17. The Labute approximate surface area is 206 Å². The molecule has 0 saturated carbocycles. The van der Waals surface area contributed by atoms with Gasteiger partial charge in [0.05, 0.1) is 28.8 Å². The van der Waals surface area contributed by atoms with Gasteiger partial charge in [0.25, 0.3) is 15.8 Å². The normalized spacial score (nSPS) is 15.9. The average molecular weight is 588 g/mol. The van der Waals surface area contributed by atoms with Crippen LogP contribution in [0.2, 0.25) is 0 Å². The van der Waals surface area contributed by atoms with Gasteiger partial charge in [-0.15, -0.1) is 0 Å². The van der Waals surface area contributed by atoms with Crippen molar-refractivity contribution in [1.82, 2.24) is 9.21 Å². The van der Waals surface area contributed by atoms with Gasteiger partial charge in [-0.1, -0.05) is 22.9 Å². The summed E-state index contributed by atoms with van der Waals surface area (Å²) in [5.74, 6) is 0. The number of halogens is 1. The molecular weight excluding hydrogens is 562 g/mol. The summed E-state index contributed by atoms with van der Waals surface area (Å²) in [6, 6.07) is 1.50. The first-order valence-corrected chi connectivity index (χ1v) is 14.5. The zero-order valence-electron chi connectivity index (χ0n) is 18.6. The maximum atomic E-state index is 13.6. The summed E-state index contributed by atoms with van der Waals surface area (Å²) in [5, 5.41) is 23.6. The van der Waals surface area contributed by atoms with E-state index < -0.39 is 52.9 Å². The molecule has 0 atom stereocenters. The van der Waals surface area contributed by atoms with E-state index in [0.717, 1.165) is 23.2 Å². The van der Waals surface area contributed by atoms with Crippen LogP contribution in [0, 0.1) is 20.2 Å². The number of piperazine rings is 1. The highest BCUT2D eigenvalue weighted by molar-refractivity contribution is 9.09. The molecule has 0 radical (unpaired) electrons. The molecule has 34 heavy (non-hydrogen) atoms. The fourth-order valence-corrected chi connectivity index (χ4v) is 5.97. The highest BCUT2D eigenvalue weighted by Crippen LogP contribution is 2.40. The lowest BCUT2D eigenvalue weighted by atomic mass is 10.2. The summed E-state index contributed by atoms with van der Waals surface area (Å²) >= 11 is 3.20. The molecule has 0 unspecified atom stereocenters. The second-order valence-electron chi connectivity index (χ2n) is 7.37. The van der Waals surface area contributed by atoms with Crippen molar-refractivity contribution < 1.29 is 30.9 Å². The number of hydrogen-bond acceptors (Lipinski definition) is 11. The highest BCUT2D eigenvalue weighted by atomic mass is 79.9. The van der Waals surface area contributed by atoms with Gasteiger partial charge in [-0.05, 0) is 6.54 Å². The van der Waals surface area contributed by atoms with Crippen molar-refractivity contribution in [3.63, 3.8) is 0 Å². The number of nitro benzene ring substituents is 2. The minimum absolute atomic E-state index is 0.0396. The number of likely N-dealkylation sites (N-methyl/N-ethyl adjacent to an activating group) is 1. The van der Waals surface area contributed by atoms with E-state index in [1.165, 1.54) is 4.90 Å². The van der Waals surface area contributed by atoms with E-state index >= 15 is 0 Å². The Bertz CT molecular complexity index is 1120. The smallest absolute Gasteiger partial charge is 0.300 e. The molecule has 1 fully saturated rings. The van der Waals surface area contributed by atoms with Crippen molar-refractivity contribution in [2.45, 2.75) is 11.8 Å². The number of non-ortho nitro benzene ring substituents is 1. The molecule has 1 heterocycles. The lowest BCUT2D eigenvalue weighted by molar-refractivity contribution is -0.394. The van der Waals surface area contributed by atoms with Crippen LogP contribution >= 0.6 is 15.9 Å². The second kappa shape index (κ2) is 11.7. The van der Waals surface area contributed by atoms with Crippen LogP contribution in [-0.4, -0.2) is 99.9 Å². The summed E-state index contributed by atoms with van der Waals surface area (Å²) in [7, 11) is -8.19. The Morgan fingerprint density at radius 3 is 2.15 bits per heavy atom. The molecular formula is C17H26BrN5O9S2. The van der Waals surface area contributed by atoms with E-state index in [4.69, 9.17) is 4.18 Å². The highest BCUT2D eigenvalue weighted by Gasteiger charge is 2.37. The number of benzene rings is 1. The van der Waals surface area contributed by atoms with E-state index in [1.807, 2.05) is 11.8 Å². The predicted molar refractivity (Wildman–Crippen MR) is 127 cm³/mol. The van der Waals surface area contributed by atoms with Crippen LogP contribution in [0.15, 0.2) is 17.0 Å². The number of sulfonamides is 1.